The van der Waals surface area contributed by atoms with E-state index in [9.17, 15) is 19.0 Å². The molecule has 0 saturated heterocycles. The van der Waals surface area contributed by atoms with E-state index in [1.54, 1.807) is 0 Å². The molecule has 0 aliphatic heterocycles. The number of rotatable bonds is 83. The molecule has 93 heavy (non-hydrogen) atoms. The van der Waals surface area contributed by atoms with Crippen LogP contribution in [0.4, 0.5) is 0 Å². The maximum atomic E-state index is 12.8. The lowest BCUT2D eigenvalue weighted by molar-refractivity contribution is -0.161. The van der Waals surface area contributed by atoms with Crippen LogP contribution in [-0.4, -0.2) is 49.3 Å². The summed E-state index contributed by atoms with van der Waals surface area (Å²) in [5, 5.41) is 0. The molecule has 0 heterocycles. The van der Waals surface area contributed by atoms with Crippen molar-refractivity contribution in [3.8, 4) is 0 Å². The predicted molar refractivity (Wildman–Crippen MR) is 405 cm³/mol. The van der Waals surface area contributed by atoms with Crippen LogP contribution >= 0.6 is 7.82 Å². The summed E-state index contributed by atoms with van der Waals surface area (Å²) >= 11 is 0. The Kier molecular flexibility index (Phi) is 79.1. The lowest BCUT2D eigenvalue weighted by atomic mass is 10.0. The minimum absolute atomic E-state index is 0.0590. The maximum Gasteiger partial charge on any atom is 0.472 e. The standard InChI is InChI=1S/C83H166NO8P/c1-3-5-7-9-11-13-15-17-19-21-23-25-27-29-31-33-35-37-39-41-43-45-47-49-51-53-55-57-59-61-63-65-67-69-71-73-75-82(85)89-79-81(80-91-93(87,88)90-78-77-84)92-83(86)76-74-72-70-68-66-64-62-60-58-56-54-52-50-48-46-44-42-40-38-36-34-32-30-28-26-24-22-20-18-16-14-12-10-8-6-4-2/h81H,3-80,84H2,1-2H3,(H,87,88)/t81-/m1/s1. The van der Waals surface area contributed by atoms with Crippen molar-refractivity contribution >= 4 is 19.8 Å². The number of ether oxygens (including phenoxy) is 2. The summed E-state index contributed by atoms with van der Waals surface area (Å²) in [5.41, 5.74) is 5.42. The van der Waals surface area contributed by atoms with Gasteiger partial charge in [-0.25, -0.2) is 4.57 Å². The normalized spacial score (nSPS) is 12.7. The quantitative estimate of drug-likeness (QED) is 0.0347. The predicted octanol–water partition coefficient (Wildman–Crippen LogP) is 28.4. The Bertz CT molecular complexity index is 1480. The molecule has 0 aliphatic rings. The second kappa shape index (κ2) is 80.0. The van der Waals surface area contributed by atoms with Crippen LogP contribution in [0.15, 0.2) is 0 Å². The largest absolute Gasteiger partial charge is 0.472 e. The second-order valence-corrected chi connectivity index (χ2v) is 30.9. The monoisotopic (exact) mass is 1340 g/mol. The van der Waals surface area contributed by atoms with Gasteiger partial charge in [-0.15, -0.1) is 0 Å². The Morgan fingerprint density at radius 3 is 0.656 bits per heavy atom. The fourth-order valence-electron chi connectivity index (χ4n) is 13.7. The topological polar surface area (TPSA) is 134 Å². The zero-order valence-corrected chi connectivity index (χ0v) is 64.0. The van der Waals surface area contributed by atoms with Crippen LogP contribution < -0.4 is 5.73 Å². The van der Waals surface area contributed by atoms with E-state index < -0.39 is 26.5 Å². The highest BCUT2D eigenvalue weighted by molar-refractivity contribution is 7.47. The van der Waals surface area contributed by atoms with Crippen molar-refractivity contribution in [3.63, 3.8) is 0 Å². The van der Waals surface area contributed by atoms with Gasteiger partial charge in [0, 0.05) is 19.4 Å². The molecule has 3 N–H and O–H groups in total. The molecule has 0 fully saturated rings. The van der Waals surface area contributed by atoms with Gasteiger partial charge in [0.1, 0.15) is 6.61 Å². The van der Waals surface area contributed by atoms with Crippen LogP contribution in [0.25, 0.3) is 0 Å². The molecular formula is C83H166NO8P. The lowest BCUT2D eigenvalue weighted by Gasteiger charge is -2.19. The van der Waals surface area contributed by atoms with Crippen LogP contribution in [0.5, 0.6) is 0 Å². The van der Waals surface area contributed by atoms with E-state index in [0.717, 1.165) is 32.1 Å². The highest BCUT2D eigenvalue weighted by Crippen LogP contribution is 2.43. The number of nitrogens with two attached hydrogens (primary N) is 1. The van der Waals surface area contributed by atoms with Gasteiger partial charge >= 0.3 is 19.8 Å². The van der Waals surface area contributed by atoms with E-state index in [2.05, 4.69) is 13.8 Å². The molecule has 0 aromatic carbocycles. The van der Waals surface area contributed by atoms with Crippen molar-refractivity contribution in [2.24, 2.45) is 5.73 Å². The molecule has 0 spiro atoms. The van der Waals surface area contributed by atoms with E-state index in [4.69, 9.17) is 24.3 Å². The molecule has 1 unspecified atom stereocenters. The SMILES string of the molecule is CCCCCCCCCCCCCCCCCCCCCCCCCCCCCCCCCCCCCCC(=O)OC[C@H](COP(=O)(O)OCCN)OC(=O)CCCCCCCCCCCCCCCCCCCCCCCCCCCCCCCCCCCCCC. The minimum atomic E-state index is -4.39. The lowest BCUT2D eigenvalue weighted by Crippen LogP contribution is -2.29. The maximum absolute atomic E-state index is 12.8. The molecule has 9 nitrogen and oxygen atoms in total. The fourth-order valence-corrected chi connectivity index (χ4v) is 14.5. The molecule has 10 heteroatoms. The van der Waals surface area contributed by atoms with Gasteiger partial charge in [0.15, 0.2) is 6.10 Å². The summed E-state index contributed by atoms with van der Waals surface area (Å²) in [6.45, 7) is 3.86. The molecule has 556 valence electrons. The second-order valence-electron chi connectivity index (χ2n) is 29.4. The van der Waals surface area contributed by atoms with Crippen molar-refractivity contribution in [2.45, 2.75) is 495 Å². The number of phosphoric acid groups is 1. The zero-order valence-electron chi connectivity index (χ0n) is 63.1. The Morgan fingerprint density at radius 1 is 0.280 bits per heavy atom. The van der Waals surface area contributed by atoms with Crippen molar-refractivity contribution < 1.29 is 37.6 Å². The van der Waals surface area contributed by atoms with Crippen molar-refractivity contribution in [3.05, 3.63) is 0 Å². The first-order chi connectivity index (χ1) is 45.8. The van der Waals surface area contributed by atoms with Crippen molar-refractivity contribution in [1.82, 2.24) is 0 Å². The third-order valence-corrected chi connectivity index (χ3v) is 21.0. The molecule has 0 rings (SSSR count). The smallest absolute Gasteiger partial charge is 0.462 e. The van der Waals surface area contributed by atoms with Crippen LogP contribution in [-0.2, 0) is 32.7 Å². The van der Waals surface area contributed by atoms with Crippen LogP contribution in [0, 0.1) is 0 Å². The molecule has 0 aromatic heterocycles. The van der Waals surface area contributed by atoms with Gasteiger partial charge in [-0.3, -0.25) is 18.6 Å². The number of phosphoric ester groups is 1. The average molecular weight is 1340 g/mol. The highest BCUT2D eigenvalue weighted by Gasteiger charge is 2.26. The molecule has 0 radical (unpaired) electrons. The first-order valence-corrected chi connectivity index (χ1v) is 44.0. The summed E-state index contributed by atoms with van der Waals surface area (Å²) in [4.78, 5) is 35.5. The van der Waals surface area contributed by atoms with Gasteiger partial charge in [0.2, 0.25) is 0 Å². The van der Waals surface area contributed by atoms with E-state index in [1.165, 1.54) is 424 Å². The number of carbonyl (C=O) groups is 2. The van der Waals surface area contributed by atoms with Gasteiger partial charge in [0.05, 0.1) is 13.2 Å². The van der Waals surface area contributed by atoms with Crippen LogP contribution in [0.3, 0.4) is 0 Å². The van der Waals surface area contributed by atoms with Gasteiger partial charge in [-0.2, -0.15) is 0 Å². The minimum Gasteiger partial charge on any atom is -0.462 e. The van der Waals surface area contributed by atoms with Crippen LogP contribution in [0.1, 0.15) is 489 Å². The van der Waals surface area contributed by atoms with Gasteiger partial charge in [0.25, 0.3) is 0 Å². The third kappa shape index (κ3) is 79.9. The molecular weight excluding hydrogens is 1170 g/mol. The Balaban J connectivity index is 3.69. The Labute approximate surface area is 581 Å². The summed E-state index contributed by atoms with van der Waals surface area (Å²) in [5.74, 6) is -0.793. The molecule has 0 aromatic rings. The number of unbranched alkanes of at least 4 members (excludes halogenated alkanes) is 70. The zero-order chi connectivity index (χ0) is 67.2. The summed E-state index contributed by atoms with van der Waals surface area (Å²) in [6.07, 6.45) is 98.6. The highest BCUT2D eigenvalue weighted by atomic mass is 31.2. The van der Waals surface area contributed by atoms with Crippen molar-refractivity contribution in [2.75, 3.05) is 26.4 Å². The Hall–Kier alpha value is -0.990. The molecule has 2 atom stereocenters. The third-order valence-electron chi connectivity index (χ3n) is 20.0. The first-order valence-electron chi connectivity index (χ1n) is 42.5. The molecule has 0 bridgehead atoms. The molecule has 0 amide bonds. The fraction of sp³-hybridized carbons (Fsp3) is 0.976. The van der Waals surface area contributed by atoms with Gasteiger partial charge < -0.3 is 20.1 Å². The number of hydrogen-bond acceptors (Lipinski definition) is 8. The number of esters is 2. The summed E-state index contributed by atoms with van der Waals surface area (Å²) < 4.78 is 33.3. The molecule has 0 aliphatic carbocycles. The van der Waals surface area contributed by atoms with E-state index in [-0.39, 0.29) is 32.1 Å². The van der Waals surface area contributed by atoms with E-state index >= 15 is 0 Å². The number of carbonyl (C=O) groups excluding carboxylic acids is 2. The Morgan fingerprint density at radius 2 is 0.462 bits per heavy atom. The van der Waals surface area contributed by atoms with Crippen molar-refractivity contribution in [1.29, 1.82) is 0 Å². The van der Waals surface area contributed by atoms with E-state index in [1.807, 2.05) is 0 Å². The summed E-state index contributed by atoms with van der Waals surface area (Å²) in [7, 11) is -4.39. The average Bonchev–Trinajstić information content (AvgIpc) is 3.29. The first kappa shape index (κ1) is 92.0. The van der Waals surface area contributed by atoms with Crippen LogP contribution in [0.2, 0.25) is 0 Å². The van der Waals surface area contributed by atoms with Gasteiger partial charge in [-0.1, -0.05) is 463 Å². The van der Waals surface area contributed by atoms with Gasteiger partial charge in [-0.05, 0) is 12.8 Å². The van der Waals surface area contributed by atoms with E-state index in [0.29, 0.717) is 12.8 Å². The summed E-state index contributed by atoms with van der Waals surface area (Å²) in [6, 6.07) is 0. The molecule has 0 saturated carbocycles. The number of hydrogen-bond donors (Lipinski definition) is 2.